The van der Waals surface area contributed by atoms with E-state index in [-0.39, 0.29) is 17.9 Å². The Kier molecular flexibility index (Phi) is 5.38. The first-order valence-corrected chi connectivity index (χ1v) is 6.97. The van der Waals surface area contributed by atoms with Crippen LogP contribution in [0.15, 0.2) is 48.5 Å². The van der Waals surface area contributed by atoms with Gasteiger partial charge in [-0.2, -0.15) is 0 Å². The van der Waals surface area contributed by atoms with E-state index >= 15 is 0 Å². The van der Waals surface area contributed by atoms with Crippen molar-refractivity contribution < 1.29 is 14.3 Å². The lowest BCUT2D eigenvalue weighted by Crippen LogP contribution is -2.28. The van der Waals surface area contributed by atoms with Crippen molar-refractivity contribution in [3.05, 3.63) is 64.7 Å². The zero-order valence-corrected chi connectivity index (χ0v) is 12.5. The number of benzene rings is 2. The molecule has 2 aromatic carbocycles. The summed E-state index contributed by atoms with van der Waals surface area (Å²) in [5, 5.41) is 3.03. The van der Waals surface area contributed by atoms with E-state index in [1.807, 2.05) is 30.3 Å². The van der Waals surface area contributed by atoms with Crippen LogP contribution in [0, 0.1) is 0 Å². The number of halogens is 1. The molecule has 5 nitrogen and oxygen atoms in total. The SMILES string of the molecule is Nc1ccc(Cl)cc1C(=O)OCC(=O)NCc1ccccc1. The molecule has 22 heavy (non-hydrogen) atoms. The van der Waals surface area contributed by atoms with Gasteiger partial charge in [0.15, 0.2) is 6.61 Å². The first kappa shape index (κ1) is 15.9. The molecule has 0 aromatic heterocycles. The summed E-state index contributed by atoms with van der Waals surface area (Å²) in [6.45, 7) is -0.00581. The van der Waals surface area contributed by atoms with Gasteiger partial charge in [0.05, 0.1) is 5.56 Å². The molecule has 0 fully saturated rings. The Morgan fingerprint density at radius 3 is 2.59 bits per heavy atom. The molecule has 0 atom stereocenters. The van der Waals surface area contributed by atoms with Crippen molar-refractivity contribution in [2.24, 2.45) is 0 Å². The van der Waals surface area contributed by atoms with Crippen molar-refractivity contribution >= 4 is 29.2 Å². The van der Waals surface area contributed by atoms with Gasteiger partial charge in [-0.25, -0.2) is 4.79 Å². The Morgan fingerprint density at radius 1 is 1.14 bits per heavy atom. The molecule has 0 heterocycles. The maximum Gasteiger partial charge on any atom is 0.340 e. The van der Waals surface area contributed by atoms with Crippen LogP contribution in [0.25, 0.3) is 0 Å². The monoisotopic (exact) mass is 318 g/mol. The molecule has 114 valence electrons. The molecule has 0 unspecified atom stereocenters. The lowest BCUT2D eigenvalue weighted by molar-refractivity contribution is -0.124. The second-order valence-corrected chi connectivity index (χ2v) is 5.01. The van der Waals surface area contributed by atoms with Crippen LogP contribution >= 0.6 is 11.6 Å². The summed E-state index contributed by atoms with van der Waals surface area (Å²) in [7, 11) is 0. The number of anilines is 1. The topological polar surface area (TPSA) is 81.4 Å². The third-order valence-corrected chi connectivity index (χ3v) is 3.14. The molecule has 3 N–H and O–H groups in total. The number of ether oxygens (including phenoxy) is 1. The van der Waals surface area contributed by atoms with E-state index in [0.717, 1.165) is 5.56 Å². The van der Waals surface area contributed by atoms with Gasteiger partial charge < -0.3 is 15.8 Å². The molecule has 0 aliphatic heterocycles. The third-order valence-electron chi connectivity index (χ3n) is 2.90. The Morgan fingerprint density at radius 2 is 1.86 bits per heavy atom. The maximum absolute atomic E-state index is 11.9. The third kappa shape index (κ3) is 4.49. The fourth-order valence-electron chi connectivity index (χ4n) is 1.76. The number of rotatable bonds is 5. The van der Waals surface area contributed by atoms with E-state index in [4.69, 9.17) is 22.1 Å². The van der Waals surface area contributed by atoms with E-state index in [9.17, 15) is 9.59 Å². The molecule has 2 rings (SSSR count). The second kappa shape index (κ2) is 7.47. The van der Waals surface area contributed by atoms with Gasteiger partial charge >= 0.3 is 5.97 Å². The van der Waals surface area contributed by atoms with Gasteiger partial charge in [-0.05, 0) is 23.8 Å². The highest BCUT2D eigenvalue weighted by Gasteiger charge is 2.13. The van der Waals surface area contributed by atoms with Crippen LogP contribution in [0.4, 0.5) is 5.69 Å². The summed E-state index contributed by atoms with van der Waals surface area (Å²) in [5.41, 5.74) is 7.02. The molecule has 0 aliphatic rings. The lowest BCUT2D eigenvalue weighted by Gasteiger charge is -2.08. The minimum absolute atomic E-state index is 0.142. The molecule has 0 aliphatic carbocycles. The number of carbonyl (C=O) groups is 2. The van der Waals surface area contributed by atoms with Crippen LogP contribution in [0.1, 0.15) is 15.9 Å². The van der Waals surface area contributed by atoms with Crippen molar-refractivity contribution in [2.45, 2.75) is 6.54 Å². The van der Waals surface area contributed by atoms with Crippen molar-refractivity contribution in [2.75, 3.05) is 12.3 Å². The van der Waals surface area contributed by atoms with E-state index in [2.05, 4.69) is 5.32 Å². The average molecular weight is 319 g/mol. The normalized spacial score (nSPS) is 10.0. The van der Waals surface area contributed by atoms with E-state index in [1.54, 1.807) is 6.07 Å². The highest BCUT2D eigenvalue weighted by atomic mass is 35.5. The Labute approximate surface area is 133 Å². The van der Waals surface area contributed by atoms with Crippen LogP contribution in [0.5, 0.6) is 0 Å². The highest BCUT2D eigenvalue weighted by molar-refractivity contribution is 6.31. The Balaban J connectivity index is 1.83. The van der Waals surface area contributed by atoms with Crippen molar-refractivity contribution in [3.8, 4) is 0 Å². The lowest BCUT2D eigenvalue weighted by atomic mass is 10.2. The standard InChI is InChI=1S/C16H15ClN2O3/c17-12-6-7-14(18)13(8-12)16(21)22-10-15(20)19-9-11-4-2-1-3-5-11/h1-8H,9-10,18H2,(H,19,20). The number of hydrogen-bond acceptors (Lipinski definition) is 4. The van der Waals surface area contributed by atoms with Gasteiger partial charge in [0.2, 0.25) is 0 Å². The summed E-state index contributed by atoms with van der Waals surface area (Å²) in [5.74, 6) is -1.08. The largest absolute Gasteiger partial charge is 0.452 e. The quantitative estimate of drug-likeness (QED) is 0.655. The molecule has 2 aromatic rings. The molecule has 0 saturated carbocycles. The maximum atomic E-state index is 11.9. The minimum atomic E-state index is -0.685. The number of nitrogens with two attached hydrogens (primary N) is 1. The molecular formula is C16H15ClN2O3. The van der Waals surface area contributed by atoms with Crippen LogP contribution in [-0.4, -0.2) is 18.5 Å². The van der Waals surface area contributed by atoms with Crippen LogP contribution in [-0.2, 0) is 16.1 Å². The van der Waals surface area contributed by atoms with Crippen LogP contribution in [0.3, 0.4) is 0 Å². The zero-order chi connectivity index (χ0) is 15.9. The van der Waals surface area contributed by atoms with Gasteiger partial charge in [0, 0.05) is 17.3 Å². The van der Waals surface area contributed by atoms with Gasteiger partial charge in [0.1, 0.15) is 0 Å². The van der Waals surface area contributed by atoms with E-state index in [1.165, 1.54) is 12.1 Å². The van der Waals surface area contributed by atoms with Crippen LogP contribution in [0.2, 0.25) is 5.02 Å². The number of carbonyl (C=O) groups excluding carboxylic acids is 2. The van der Waals surface area contributed by atoms with Gasteiger partial charge in [0.25, 0.3) is 5.91 Å². The fraction of sp³-hybridized carbons (Fsp3) is 0.125. The summed E-state index contributed by atoms with van der Waals surface area (Å²) in [6.07, 6.45) is 0. The fourth-order valence-corrected chi connectivity index (χ4v) is 1.93. The summed E-state index contributed by atoms with van der Waals surface area (Å²) in [6, 6.07) is 13.9. The second-order valence-electron chi connectivity index (χ2n) is 4.57. The summed E-state index contributed by atoms with van der Waals surface area (Å²) >= 11 is 5.80. The molecule has 0 saturated heterocycles. The van der Waals surface area contributed by atoms with Gasteiger partial charge in [-0.3, -0.25) is 4.79 Å². The molecule has 1 amide bonds. The number of hydrogen-bond donors (Lipinski definition) is 2. The average Bonchev–Trinajstić information content (AvgIpc) is 2.54. The van der Waals surface area contributed by atoms with E-state index < -0.39 is 11.9 Å². The van der Waals surface area contributed by atoms with Gasteiger partial charge in [-0.15, -0.1) is 0 Å². The number of nitrogen functional groups attached to an aromatic ring is 1. The molecule has 0 bridgehead atoms. The zero-order valence-electron chi connectivity index (χ0n) is 11.7. The van der Waals surface area contributed by atoms with Crippen molar-refractivity contribution in [1.82, 2.24) is 5.32 Å². The van der Waals surface area contributed by atoms with Crippen molar-refractivity contribution in [3.63, 3.8) is 0 Å². The van der Waals surface area contributed by atoms with Crippen LogP contribution < -0.4 is 11.1 Å². The van der Waals surface area contributed by atoms with Gasteiger partial charge in [-0.1, -0.05) is 41.9 Å². The predicted molar refractivity (Wildman–Crippen MR) is 84.4 cm³/mol. The number of nitrogens with one attached hydrogen (secondary N) is 1. The first-order valence-electron chi connectivity index (χ1n) is 6.59. The molecule has 0 spiro atoms. The molecule has 6 heteroatoms. The molecular weight excluding hydrogens is 304 g/mol. The van der Waals surface area contributed by atoms with Crippen molar-refractivity contribution in [1.29, 1.82) is 0 Å². The predicted octanol–water partition coefficient (Wildman–Crippen LogP) is 2.40. The summed E-state index contributed by atoms with van der Waals surface area (Å²) < 4.78 is 4.92. The number of esters is 1. The minimum Gasteiger partial charge on any atom is -0.452 e. The smallest absolute Gasteiger partial charge is 0.340 e. The Bertz CT molecular complexity index is 674. The summed E-state index contributed by atoms with van der Waals surface area (Å²) in [4.78, 5) is 23.5. The molecule has 0 radical (unpaired) electrons. The highest BCUT2D eigenvalue weighted by Crippen LogP contribution is 2.18. The van der Waals surface area contributed by atoms with E-state index in [0.29, 0.717) is 11.6 Å². The number of amides is 1. The Hall–Kier alpha value is -2.53. The first-order chi connectivity index (χ1) is 10.6.